The number of piperazine rings is 1. The molecule has 0 amide bonds. The van der Waals surface area contributed by atoms with E-state index >= 15 is 0 Å². The highest BCUT2D eigenvalue weighted by Gasteiger charge is 2.37. The van der Waals surface area contributed by atoms with E-state index in [1.54, 1.807) is 23.1 Å². The second kappa shape index (κ2) is 15.5. The molecule has 3 aromatic rings. The van der Waals surface area contributed by atoms with E-state index in [4.69, 9.17) is 4.74 Å². The molecule has 1 aliphatic heterocycles. The Kier molecular flexibility index (Phi) is 11.6. The highest BCUT2D eigenvalue weighted by molar-refractivity contribution is 5.50. The number of hydrogen-bond donors (Lipinski definition) is 0. The summed E-state index contributed by atoms with van der Waals surface area (Å²) in [7, 11) is 1.54. The molecule has 0 unspecified atom stereocenters. The molecule has 1 aliphatic rings. The number of anilines is 1. The number of para-hydroxylation sites is 1. The zero-order valence-corrected chi connectivity index (χ0v) is 27.3. The number of nitro groups is 1. The number of hydrogen-bond acceptors (Lipinski definition) is 7. The number of nitro benzene ring substituents is 1. The Bertz CT molecular complexity index is 1820. The molecule has 0 atom stereocenters. The van der Waals surface area contributed by atoms with E-state index in [1.165, 1.54) is 26.2 Å². The number of methoxy groups -OCH3 is 1. The lowest BCUT2D eigenvalue weighted by Gasteiger charge is -2.37. The van der Waals surface area contributed by atoms with E-state index < -0.39 is 45.9 Å². The fourth-order valence-corrected chi connectivity index (χ4v) is 6.07. The number of non-ortho nitro benzene ring substituents is 1. The molecule has 14 heteroatoms. The minimum absolute atomic E-state index is 0.0150. The molecule has 1 aromatic heterocycles. The van der Waals surface area contributed by atoms with Crippen LogP contribution in [0.15, 0.2) is 81.2 Å². The lowest BCUT2D eigenvalue weighted by atomic mass is 10.0. The molecule has 0 saturated carbocycles. The van der Waals surface area contributed by atoms with Crippen LogP contribution in [-0.2, 0) is 26.1 Å². The quantitative estimate of drug-likeness (QED) is 0.102. The van der Waals surface area contributed by atoms with Gasteiger partial charge in [0.05, 0.1) is 24.2 Å². The maximum atomic E-state index is 14.8. The van der Waals surface area contributed by atoms with E-state index in [2.05, 4.69) is 4.90 Å². The van der Waals surface area contributed by atoms with Gasteiger partial charge < -0.3 is 9.64 Å². The van der Waals surface area contributed by atoms with Crippen LogP contribution in [0.25, 0.3) is 0 Å². The fraction of sp³-hybridized carbons (Fsp3) is 0.412. The minimum Gasteiger partial charge on any atom is -0.496 e. The van der Waals surface area contributed by atoms with Gasteiger partial charge in [0, 0.05) is 62.7 Å². The zero-order valence-electron chi connectivity index (χ0n) is 27.3. The van der Waals surface area contributed by atoms with Gasteiger partial charge in [-0.2, -0.15) is 13.2 Å². The number of ether oxygens (including phenoxy) is 1. The second-order valence-electron chi connectivity index (χ2n) is 11.6. The Hall–Kier alpha value is -4.72. The Morgan fingerprint density at radius 1 is 1.04 bits per heavy atom. The standard InChI is InChI=1S/C34H39F4N5O5/c1-5-29(34(36,37)38)28(23(2)35)22-42-24(3)31(32(44)41(33(42)45)15-9-12-26-11-6-7-14-30(26)48-4)40-18-16-39(17-19-40)21-25-10-8-13-27(20-25)43(46)47/h5-8,10-11,13-14,20H,9,12,15-19,21-22H2,1-4H3/b28-23+,29-5+. The highest BCUT2D eigenvalue weighted by atomic mass is 19.4. The molecule has 48 heavy (non-hydrogen) atoms. The van der Waals surface area contributed by atoms with Crippen molar-refractivity contribution in [3.63, 3.8) is 0 Å². The van der Waals surface area contributed by atoms with E-state index in [9.17, 15) is 37.3 Å². The average Bonchev–Trinajstić information content (AvgIpc) is 3.04. The number of nitrogens with zero attached hydrogens (tertiary/aromatic N) is 5. The minimum atomic E-state index is -4.86. The molecule has 258 valence electrons. The third-order valence-corrected chi connectivity index (χ3v) is 8.54. The molecule has 1 fully saturated rings. The summed E-state index contributed by atoms with van der Waals surface area (Å²) in [5, 5.41) is 11.2. The van der Waals surface area contributed by atoms with Crippen molar-refractivity contribution in [2.45, 2.75) is 59.4 Å². The summed E-state index contributed by atoms with van der Waals surface area (Å²) in [6.45, 7) is 4.87. The number of benzene rings is 2. The first kappa shape index (κ1) is 36.1. The maximum Gasteiger partial charge on any atom is 0.416 e. The summed E-state index contributed by atoms with van der Waals surface area (Å²) in [5.74, 6) is -0.439. The Morgan fingerprint density at radius 2 is 1.73 bits per heavy atom. The predicted molar refractivity (Wildman–Crippen MR) is 175 cm³/mol. The third kappa shape index (κ3) is 8.22. The van der Waals surface area contributed by atoms with Gasteiger partial charge in [0.1, 0.15) is 17.3 Å². The van der Waals surface area contributed by atoms with E-state index in [0.29, 0.717) is 51.3 Å². The summed E-state index contributed by atoms with van der Waals surface area (Å²) < 4.78 is 64.0. The van der Waals surface area contributed by atoms with Gasteiger partial charge in [-0.25, -0.2) is 9.18 Å². The topological polar surface area (TPSA) is 103 Å². The van der Waals surface area contributed by atoms with Gasteiger partial charge in [0.2, 0.25) is 0 Å². The van der Waals surface area contributed by atoms with Crippen LogP contribution >= 0.6 is 0 Å². The summed E-state index contributed by atoms with van der Waals surface area (Å²) in [5.41, 5.74) is -1.40. The van der Waals surface area contributed by atoms with Crippen LogP contribution in [-0.4, -0.2) is 58.4 Å². The molecular formula is C34H39F4N5O5. The first-order chi connectivity index (χ1) is 22.8. The smallest absolute Gasteiger partial charge is 0.416 e. The monoisotopic (exact) mass is 673 g/mol. The van der Waals surface area contributed by atoms with Crippen LogP contribution in [0.4, 0.5) is 28.9 Å². The van der Waals surface area contributed by atoms with Gasteiger partial charge >= 0.3 is 11.9 Å². The number of alkyl halides is 3. The molecule has 0 radical (unpaired) electrons. The molecule has 0 bridgehead atoms. The average molecular weight is 674 g/mol. The number of aromatic nitrogens is 2. The summed E-state index contributed by atoms with van der Waals surface area (Å²) in [6, 6.07) is 13.7. The first-order valence-corrected chi connectivity index (χ1v) is 15.5. The van der Waals surface area contributed by atoms with Gasteiger partial charge in [-0.1, -0.05) is 36.4 Å². The Morgan fingerprint density at radius 3 is 2.33 bits per heavy atom. The van der Waals surface area contributed by atoms with Crippen LogP contribution in [0.1, 0.15) is 37.1 Å². The Labute approximate surface area is 275 Å². The summed E-state index contributed by atoms with van der Waals surface area (Å²) in [4.78, 5) is 42.4. The van der Waals surface area contributed by atoms with Gasteiger partial charge in [-0.15, -0.1) is 0 Å². The van der Waals surface area contributed by atoms with Crippen molar-refractivity contribution in [3.8, 4) is 5.75 Å². The number of rotatable bonds is 12. The molecule has 2 heterocycles. The van der Waals surface area contributed by atoms with Crippen LogP contribution in [0.5, 0.6) is 5.75 Å². The van der Waals surface area contributed by atoms with Gasteiger partial charge in [-0.05, 0) is 50.8 Å². The van der Waals surface area contributed by atoms with Crippen molar-refractivity contribution in [2.75, 3.05) is 38.2 Å². The van der Waals surface area contributed by atoms with E-state index in [-0.39, 0.29) is 23.6 Å². The second-order valence-corrected chi connectivity index (χ2v) is 11.6. The zero-order chi connectivity index (χ0) is 35.2. The van der Waals surface area contributed by atoms with Crippen molar-refractivity contribution < 1.29 is 27.2 Å². The normalized spacial score (nSPS) is 15.0. The largest absolute Gasteiger partial charge is 0.496 e. The number of halogens is 4. The number of allylic oxidation sites excluding steroid dienone is 4. The molecule has 2 aromatic carbocycles. The van der Waals surface area contributed by atoms with Crippen molar-refractivity contribution in [1.82, 2.24) is 14.0 Å². The molecule has 4 rings (SSSR count). The summed E-state index contributed by atoms with van der Waals surface area (Å²) >= 11 is 0. The SMILES string of the molecule is C/C=C(\C(Cn1c(C)c(N2CCN(Cc3cccc([N+](=O)[O-])c3)CC2)c(=O)n(CCCc2ccccc2OC)c1=O)=C(/C)F)C(F)(F)F. The maximum absolute atomic E-state index is 14.8. The lowest BCUT2D eigenvalue weighted by Crippen LogP contribution is -2.51. The lowest BCUT2D eigenvalue weighted by molar-refractivity contribution is -0.384. The molecule has 0 aliphatic carbocycles. The molecule has 10 nitrogen and oxygen atoms in total. The van der Waals surface area contributed by atoms with Gasteiger partial charge in [-0.3, -0.25) is 28.9 Å². The van der Waals surface area contributed by atoms with Crippen molar-refractivity contribution in [3.05, 3.63) is 119 Å². The highest BCUT2D eigenvalue weighted by Crippen LogP contribution is 2.34. The summed E-state index contributed by atoms with van der Waals surface area (Å²) in [6.07, 6.45) is -3.29. The third-order valence-electron chi connectivity index (χ3n) is 8.54. The van der Waals surface area contributed by atoms with Crippen molar-refractivity contribution >= 4 is 11.4 Å². The van der Waals surface area contributed by atoms with Gasteiger partial charge in [0.25, 0.3) is 11.2 Å². The molecule has 0 N–H and O–H groups in total. The van der Waals surface area contributed by atoms with Gasteiger partial charge in [0.15, 0.2) is 0 Å². The van der Waals surface area contributed by atoms with Crippen LogP contribution in [0.2, 0.25) is 0 Å². The van der Waals surface area contributed by atoms with Crippen LogP contribution < -0.4 is 20.9 Å². The number of aryl methyl sites for hydroxylation is 1. The predicted octanol–water partition coefficient (Wildman–Crippen LogP) is 5.94. The molecular weight excluding hydrogens is 634 g/mol. The Balaban J connectivity index is 1.69. The van der Waals surface area contributed by atoms with Crippen LogP contribution in [0.3, 0.4) is 0 Å². The van der Waals surface area contributed by atoms with E-state index in [0.717, 1.165) is 40.2 Å². The van der Waals surface area contributed by atoms with Crippen molar-refractivity contribution in [2.24, 2.45) is 0 Å². The van der Waals surface area contributed by atoms with E-state index in [1.807, 2.05) is 18.2 Å². The first-order valence-electron chi connectivity index (χ1n) is 15.5. The van der Waals surface area contributed by atoms with Crippen LogP contribution in [0, 0.1) is 17.0 Å². The fourth-order valence-electron chi connectivity index (χ4n) is 6.07. The molecule has 0 spiro atoms. The van der Waals surface area contributed by atoms with Crippen molar-refractivity contribution in [1.29, 1.82) is 0 Å². The molecule has 1 saturated heterocycles.